The van der Waals surface area contributed by atoms with Crippen LogP contribution in [0.1, 0.15) is 31.2 Å². The van der Waals surface area contributed by atoms with Crippen molar-refractivity contribution in [1.29, 1.82) is 0 Å². The van der Waals surface area contributed by atoms with Crippen LogP contribution in [0, 0.1) is 0 Å². The third kappa shape index (κ3) is 3.17. The minimum absolute atomic E-state index is 0.0210. The highest BCUT2D eigenvalue weighted by atomic mass is 16.4. The van der Waals surface area contributed by atoms with Gasteiger partial charge in [-0.15, -0.1) is 0 Å². The maximum atomic E-state index is 11.7. The first kappa shape index (κ1) is 14.5. The quantitative estimate of drug-likeness (QED) is 0.663. The maximum absolute atomic E-state index is 11.7. The molecule has 1 fully saturated rings. The number of hydrogen-bond donors (Lipinski definition) is 3. The van der Waals surface area contributed by atoms with Crippen molar-refractivity contribution >= 4 is 17.6 Å². The van der Waals surface area contributed by atoms with Crippen LogP contribution in [0.3, 0.4) is 0 Å². The summed E-state index contributed by atoms with van der Waals surface area (Å²) in [6.07, 6.45) is 2.65. The lowest BCUT2D eigenvalue weighted by Crippen LogP contribution is -2.19. The van der Waals surface area contributed by atoms with Crippen molar-refractivity contribution in [3.63, 3.8) is 0 Å². The number of aliphatic carboxylic acids is 1. The van der Waals surface area contributed by atoms with Crippen LogP contribution in [0.25, 0.3) is 0 Å². The molecule has 0 saturated heterocycles. The summed E-state index contributed by atoms with van der Waals surface area (Å²) < 4.78 is 0. The van der Waals surface area contributed by atoms with Gasteiger partial charge in [-0.05, 0) is 50.6 Å². The zero-order chi connectivity index (χ0) is 14.6. The Morgan fingerprint density at radius 3 is 2.40 bits per heavy atom. The lowest BCUT2D eigenvalue weighted by molar-refractivity contribution is -0.140. The van der Waals surface area contributed by atoms with E-state index in [1.54, 1.807) is 24.3 Å². The maximum Gasteiger partial charge on any atom is 0.314 e. The number of nitrogens with one attached hydrogen (secondary N) is 2. The van der Waals surface area contributed by atoms with E-state index in [1.807, 2.05) is 7.05 Å². The van der Waals surface area contributed by atoms with Gasteiger partial charge in [0.25, 0.3) is 0 Å². The van der Waals surface area contributed by atoms with Gasteiger partial charge in [0.05, 0.1) is 5.41 Å². The Bertz CT molecular complexity index is 492. The Labute approximate surface area is 118 Å². The molecule has 0 radical (unpaired) electrons. The van der Waals surface area contributed by atoms with E-state index in [0.717, 1.165) is 18.5 Å². The highest BCUT2D eigenvalue weighted by molar-refractivity contribution is 5.91. The predicted octanol–water partition coefficient (Wildman–Crippen LogP) is 1.74. The monoisotopic (exact) mass is 276 g/mol. The Morgan fingerprint density at radius 2 is 1.90 bits per heavy atom. The van der Waals surface area contributed by atoms with Gasteiger partial charge in [-0.2, -0.15) is 0 Å². The van der Waals surface area contributed by atoms with E-state index in [2.05, 4.69) is 10.6 Å². The van der Waals surface area contributed by atoms with Crippen molar-refractivity contribution in [2.24, 2.45) is 0 Å². The molecular weight excluding hydrogens is 256 g/mol. The summed E-state index contributed by atoms with van der Waals surface area (Å²) in [6, 6.07) is 7.14. The average Bonchev–Trinajstić information content (AvgIpc) is 3.21. The fourth-order valence-electron chi connectivity index (χ4n) is 2.27. The first-order chi connectivity index (χ1) is 9.58. The van der Waals surface area contributed by atoms with Crippen molar-refractivity contribution in [3.8, 4) is 0 Å². The number of hydrogen-bond acceptors (Lipinski definition) is 3. The number of carbonyl (C=O) groups is 2. The summed E-state index contributed by atoms with van der Waals surface area (Å²) in [5.74, 6) is -0.784. The highest BCUT2D eigenvalue weighted by Crippen LogP contribution is 2.48. The molecule has 2 rings (SSSR count). The van der Waals surface area contributed by atoms with Gasteiger partial charge >= 0.3 is 5.97 Å². The van der Waals surface area contributed by atoms with Crippen LogP contribution < -0.4 is 10.6 Å². The Hall–Kier alpha value is -1.88. The van der Waals surface area contributed by atoms with E-state index in [9.17, 15) is 14.7 Å². The van der Waals surface area contributed by atoms with E-state index in [-0.39, 0.29) is 5.91 Å². The minimum Gasteiger partial charge on any atom is -0.481 e. The van der Waals surface area contributed by atoms with Crippen molar-refractivity contribution < 1.29 is 14.7 Å². The van der Waals surface area contributed by atoms with Gasteiger partial charge in [0, 0.05) is 12.1 Å². The molecule has 1 aliphatic rings. The molecule has 3 N–H and O–H groups in total. The Balaban J connectivity index is 1.92. The van der Waals surface area contributed by atoms with Gasteiger partial charge in [0.1, 0.15) is 0 Å². The summed E-state index contributed by atoms with van der Waals surface area (Å²) in [5, 5.41) is 15.0. The van der Waals surface area contributed by atoms with Crippen LogP contribution in [-0.4, -0.2) is 30.6 Å². The normalized spacial score (nSPS) is 15.7. The number of rotatable bonds is 7. The molecule has 5 heteroatoms. The molecule has 0 unspecified atom stereocenters. The molecule has 1 aromatic carbocycles. The number of amides is 1. The van der Waals surface area contributed by atoms with Gasteiger partial charge in [-0.1, -0.05) is 12.1 Å². The number of anilines is 1. The molecule has 0 atom stereocenters. The minimum atomic E-state index is -0.763. The topological polar surface area (TPSA) is 78.4 Å². The molecular formula is C15H20N2O3. The van der Waals surface area contributed by atoms with E-state index in [1.165, 1.54) is 0 Å². The molecule has 0 spiro atoms. The fraction of sp³-hybridized carbons (Fsp3) is 0.467. The molecule has 20 heavy (non-hydrogen) atoms. The number of carboxylic acid groups (broad SMARTS) is 1. The molecule has 1 aliphatic carbocycles. The van der Waals surface area contributed by atoms with Gasteiger partial charge in [0.15, 0.2) is 0 Å². The van der Waals surface area contributed by atoms with Crippen LogP contribution in [0.15, 0.2) is 24.3 Å². The highest BCUT2D eigenvalue weighted by Gasteiger charge is 2.51. The van der Waals surface area contributed by atoms with Crippen molar-refractivity contribution in [1.82, 2.24) is 5.32 Å². The van der Waals surface area contributed by atoms with Gasteiger partial charge < -0.3 is 15.7 Å². The van der Waals surface area contributed by atoms with Crippen LogP contribution in [0.2, 0.25) is 0 Å². The molecule has 0 aromatic heterocycles. The summed E-state index contributed by atoms with van der Waals surface area (Å²) in [6.45, 7) is 0.813. The Morgan fingerprint density at radius 1 is 1.25 bits per heavy atom. The largest absolute Gasteiger partial charge is 0.481 e. The van der Waals surface area contributed by atoms with Gasteiger partial charge in [0.2, 0.25) is 5.91 Å². The molecule has 0 bridgehead atoms. The van der Waals surface area contributed by atoms with Crippen molar-refractivity contribution in [3.05, 3.63) is 29.8 Å². The number of carboxylic acids is 1. The van der Waals surface area contributed by atoms with Crippen LogP contribution in [-0.2, 0) is 15.0 Å². The molecule has 108 valence electrons. The Kier molecular flexibility index (Phi) is 4.39. The SMILES string of the molecule is CNCCCC(=O)Nc1ccc(C2(C(=O)O)CC2)cc1. The molecule has 1 saturated carbocycles. The lowest BCUT2D eigenvalue weighted by Gasteiger charge is -2.11. The van der Waals surface area contributed by atoms with E-state index >= 15 is 0 Å². The second kappa shape index (κ2) is 6.05. The molecule has 0 heterocycles. The number of carbonyl (C=O) groups excluding carboxylic acids is 1. The summed E-state index contributed by atoms with van der Waals surface area (Å²) in [4.78, 5) is 22.9. The first-order valence-electron chi connectivity index (χ1n) is 6.87. The van der Waals surface area contributed by atoms with E-state index in [4.69, 9.17) is 0 Å². The third-order valence-electron chi connectivity index (χ3n) is 3.71. The van der Waals surface area contributed by atoms with Gasteiger partial charge in [-0.25, -0.2) is 0 Å². The molecule has 5 nitrogen and oxygen atoms in total. The third-order valence-corrected chi connectivity index (χ3v) is 3.71. The predicted molar refractivity (Wildman–Crippen MR) is 76.8 cm³/mol. The molecule has 1 aromatic rings. The average molecular weight is 276 g/mol. The zero-order valence-electron chi connectivity index (χ0n) is 11.6. The lowest BCUT2D eigenvalue weighted by atomic mass is 9.96. The number of benzene rings is 1. The van der Waals surface area contributed by atoms with Crippen LogP contribution >= 0.6 is 0 Å². The van der Waals surface area contributed by atoms with Crippen molar-refractivity contribution in [2.45, 2.75) is 31.1 Å². The first-order valence-corrected chi connectivity index (χ1v) is 6.87. The molecule has 1 amide bonds. The smallest absolute Gasteiger partial charge is 0.314 e. The van der Waals surface area contributed by atoms with E-state index < -0.39 is 11.4 Å². The standard InChI is InChI=1S/C15H20N2O3/c1-16-10-2-3-13(18)17-12-6-4-11(5-7-12)15(8-9-15)14(19)20/h4-7,16H,2-3,8-10H2,1H3,(H,17,18)(H,19,20). The summed E-state index contributed by atoms with van der Waals surface area (Å²) in [7, 11) is 1.85. The summed E-state index contributed by atoms with van der Waals surface area (Å²) >= 11 is 0. The van der Waals surface area contributed by atoms with Crippen LogP contribution in [0.5, 0.6) is 0 Å². The fourth-order valence-corrected chi connectivity index (χ4v) is 2.27. The summed E-state index contributed by atoms with van der Waals surface area (Å²) in [5.41, 5.74) is 0.845. The molecule has 0 aliphatic heterocycles. The van der Waals surface area contributed by atoms with Crippen molar-refractivity contribution in [2.75, 3.05) is 18.9 Å². The zero-order valence-corrected chi connectivity index (χ0v) is 11.6. The van der Waals surface area contributed by atoms with E-state index in [0.29, 0.717) is 24.9 Å². The van der Waals surface area contributed by atoms with Crippen LogP contribution in [0.4, 0.5) is 5.69 Å². The second-order valence-corrected chi connectivity index (χ2v) is 5.22. The van der Waals surface area contributed by atoms with Gasteiger partial charge in [-0.3, -0.25) is 9.59 Å². The second-order valence-electron chi connectivity index (χ2n) is 5.22.